The van der Waals surface area contributed by atoms with Crippen molar-refractivity contribution >= 4 is 11.6 Å². The monoisotopic (exact) mass is 290 g/mol. The molecule has 1 unspecified atom stereocenters. The van der Waals surface area contributed by atoms with Crippen LogP contribution in [0, 0.1) is 5.92 Å². The zero-order chi connectivity index (χ0) is 15.7. The summed E-state index contributed by atoms with van der Waals surface area (Å²) < 4.78 is 0. The zero-order valence-corrected chi connectivity index (χ0v) is 12.0. The maximum Gasteiger partial charge on any atom is 0.173 e. The van der Waals surface area contributed by atoms with E-state index < -0.39 is 23.6 Å². The minimum atomic E-state index is -0.994. The first-order valence-corrected chi connectivity index (χ1v) is 6.76. The molecule has 1 aliphatic rings. The van der Waals surface area contributed by atoms with Crippen molar-refractivity contribution in [1.82, 2.24) is 0 Å². The summed E-state index contributed by atoms with van der Waals surface area (Å²) in [5, 5.41) is 29.7. The molecule has 1 aromatic rings. The fraction of sp³-hybridized carbons (Fsp3) is 0.375. The normalized spacial score (nSPS) is 19.1. The Morgan fingerprint density at radius 2 is 1.81 bits per heavy atom. The molecule has 0 heterocycles. The molecule has 5 nitrogen and oxygen atoms in total. The van der Waals surface area contributed by atoms with Gasteiger partial charge in [-0.15, -0.1) is 0 Å². The quantitative estimate of drug-likeness (QED) is 0.586. The number of aromatic hydroxyl groups is 2. The fourth-order valence-electron chi connectivity index (χ4n) is 2.52. The minimum absolute atomic E-state index is 0.148. The van der Waals surface area contributed by atoms with E-state index in [1.807, 2.05) is 13.8 Å². The molecule has 2 atom stereocenters. The highest BCUT2D eigenvalue weighted by molar-refractivity contribution is 6.17. The number of allylic oxidation sites excluding steroid dienone is 1. The lowest BCUT2D eigenvalue weighted by Crippen LogP contribution is -2.35. The number of aliphatic hydroxyl groups excluding tert-OH is 1. The number of aliphatic hydroxyl groups is 1. The van der Waals surface area contributed by atoms with E-state index >= 15 is 0 Å². The second-order valence-corrected chi connectivity index (χ2v) is 5.54. The van der Waals surface area contributed by atoms with Crippen LogP contribution in [0.4, 0.5) is 0 Å². The molecule has 2 rings (SSSR count). The van der Waals surface area contributed by atoms with Gasteiger partial charge >= 0.3 is 0 Å². The SMILES string of the molecule is CC(C)=CC[C@H](O)C1CC(=O)c2c(O)ccc(O)c2C1=O. The number of rotatable bonds is 3. The summed E-state index contributed by atoms with van der Waals surface area (Å²) >= 11 is 0. The highest BCUT2D eigenvalue weighted by Gasteiger charge is 2.39. The van der Waals surface area contributed by atoms with Gasteiger partial charge in [-0.05, 0) is 32.4 Å². The summed E-state index contributed by atoms with van der Waals surface area (Å²) in [5.74, 6) is -2.51. The minimum Gasteiger partial charge on any atom is -0.507 e. The molecule has 3 N–H and O–H groups in total. The zero-order valence-electron chi connectivity index (χ0n) is 12.0. The van der Waals surface area contributed by atoms with Crippen LogP contribution in [0.25, 0.3) is 0 Å². The first-order valence-electron chi connectivity index (χ1n) is 6.76. The standard InChI is InChI=1S/C16H18O5/c1-8(2)3-4-10(17)9-7-13(20)14-11(18)5-6-12(19)15(14)16(9)21/h3,5-6,9-10,17-19H,4,7H2,1-2H3/t9?,10-/m0/s1. The van der Waals surface area contributed by atoms with Crippen LogP contribution in [0.3, 0.4) is 0 Å². The molecule has 0 amide bonds. The molecule has 0 saturated heterocycles. The number of Topliss-reactive ketones (excluding diaryl/α,β-unsaturated/α-hetero) is 2. The van der Waals surface area contributed by atoms with Gasteiger partial charge in [0.15, 0.2) is 11.6 Å². The molecule has 0 aliphatic heterocycles. The van der Waals surface area contributed by atoms with Gasteiger partial charge in [0.2, 0.25) is 0 Å². The van der Waals surface area contributed by atoms with Crippen LogP contribution in [0.1, 0.15) is 47.4 Å². The molecule has 1 aromatic carbocycles. The molecular weight excluding hydrogens is 272 g/mol. The number of hydrogen-bond acceptors (Lipinski definition) is 5. The van der Waals surface area contributed by atoms with E-state index in [0.29, 0.717) is 0 Å². The third kappa shape index (κ3) is 2.83. The van der Waals surface area contributed by atoms with Crippen molar-refractivity contribution in [3.63, 3.8) is 0 Å². The first-order chi connectivity index (χ1) is 9.82. The van der Waals surface area contributed by atoms with Gasteiger partial charge in [-0.3, -0.25) is 9.59 Å². The van der Waals surface area contributed by atoms with E-state index in [1.165, 1.54) is 12.1 Å². The Hall–Kier alpha value is -2.14. The Bertz CT molecular complexity index is 626. The van der Waals surface area contributed by atoms with Crippen LogP contribution in [0.2, 0.25) is 0 Å². The number of benzene rings is 1. The van der Waals surface area contributed by atoms with Gasteiger partial charge in [0.05, 0.1) is 23.1 Å². The summed E-state index contributed by atoms with van der Waals surface area (Å²) in [6.07, 6.45) is 0.896. The Balaban J connectivity index is 2.39. The largest absolute Gasteiger partial charge is 0.507 e. The third-order valence-electron chi connectivity index (χ3n) is 3.66. The number of hydrogen-bond donors (Lipinski definition) is 3. The number of ketones is 2. The number of fused-ring (bicyclic) bond motifs is 1. The van der Waals surface area contributed by atoms with Crippen molar-refractivity contribution in [2.45, 2.75) is 32.8 Å². The van der Waals surface area contributed by atoms with Gasteiger partial charge in [-0.25, -0.2) is 0 Å². The molecule has 0 spiro atoms. The summed E-state index contributed by atoms with van der Waals surface area (Å²) in [7, 11) is 0. The number of carbonyl (C=O) groups excluding carboxylic acids is 2. The lowest BCUT2D eigenvalue weighted by atomic mass is 9.77. The van der Waals surface area contributed by atoms with Crippen molar-refractivity contribution in [1.29, 1.82) is 0 Å². The third-order valence-corrected chi connectivity index (χ3v) is 3.66. The van der Waals surface area contributed by atoms with Gasteiger partial charge in [0.25, 0.3) is 0 Å². The summed E-state index contributed by atoms with van der Waals surface area (Å²) in [5.41, 5.74) is 0.669. The highest BCUT2D eigenvalue weighted by atomic mass is 16.3. The van der Waals surface area contributed by atoms with Gasteiger partial charge in [-0.2, -0.15) is 0 Å². The number of carbonyl (C=O) groups is 2. The van der Waals surface area contributed by atoms with Gasteiger partial charge < -0.3 is 15.3 Å². The van der Waals surface area contributed by atoms with Crippen LogP contribution < -0.4 is 0 Å². The summed E-state index contributed by atoms with van der Waals surface area (Å²) in [4.78, 5) is 24.5. The maximum absolute atomic E-state index is 12.4. The summed E-state index contributed by atoms with van der Waals surface area (Å²) in [6.45, 7) is 3.75. The lowest BCUT2D eigenvalue weighted by molar-refractivity contribution is 0.0592. The van der Waals surface area contributed by atoms with E-state index in [-0.39, 0.29) is 35.5 Å². The van der Waals surface area contributed by atoms with Crippen molar-refractivity contribution in [3.05, 3.63) is 34.9 Å². The second-order valence-electron chi connectivity index (χ2n) is 5.54. The van der Waals surface area contributed by atoms with Gasteiger partial charge in [0, 0.05) is 6.42 Å². The molecule has 112 valence electrons. The summed E-state index contributed by atoms with van der Waals surface area (Å²) in [6, 6.07) is 2.35. The Morgan fingerprint density at radius 3 is 2.38 bits per heavy atom. The molecule has 0 radical (unpaired) electrons. The van der Waals surface area contributed by atoms with Crippen molar-refractivity contribution in [2.24, 2.45) is 5.92 Å². The molecular formula is C16H18O5. The Labute approximate surface area is 122 Å². The van der Waals surface area contributed by atoms with Crippen molar-refractivity contribution in [2.75, 3.05) is 0 Å². The smallest absolute Gasteiger partial charge is 0.173 e. The molecule has 21 heavy (non-hydrogen) atoms. The Kier molecular flexibility index (Phi) is 4.14. The van der Waals surface area contributed by atoms with E-state index in [1.54, 1.807) is 6.08 Å². The highest BCUT2D eigenvalue weighted by Crippen LogP contribution is 2.38. The molecule has 5 heteroatoms. The molecule has 0 saturated carbocycles. The average Bonchev–Trinajstić information content (AvgIpc) is 2.42. The molecule has 0 aromatic heterocycles. The topological polar surface area (TPSA) is 94.8 Å². The molecule has 1 aliphatic carbocycles. The first kappa shape index (κ1) is 15.3. The Morgan fingerprint density at radius 1 is 1.24 bits per heavy atom. The van der Waals surface area contributed by atoms with Crippen LogP contribution >= 0.6 is 0 Å². The van der Waals surface area contributed by atoms with Crippen LogP contribution in [0.15, 0.2) is 23.8 Å². The van der Waals surface area contributed by atoms with E-state index in [4.69, 9.17) is 0 Å². The second kappa shape index (κ2) is 5.69. The van der Waals surface area contributed by atoms with Gasteiger partial charge in [0.1, 0.15) is 11.5 Å². The number of phenolic OH excluding ortho intramolecular Hbond substituents is 2. The molecule has 0 fully saturated rings. The van der Waals surface area contributed by atoms with Crippen LogP contribution in [-0.4, -0.2) is 33.0 Å². The number of phenols is 2. The lowest BCUT2D eigenvalue weighted by Gasteiger charge is -2.26. The predicted molar refractivity (Wildman–Crippen MR) is 76.6 cm³/mol. The van der Waals surface area contributed by atoms with Crippen LogP contribution in [-0.2, 0) is 0 Å². The maximum atomic E-state index is 12.4. The van der Waals surface area contributed by atoms with E-state index in [9.17, 15) is 24.9 Å². The van der Waals surface area contributed by atoms with E-state index in [2.05, 4.69) is 0 Å². The van der Waals surface area contributed by atoms with E-state index in [0.717, 1.165) is 5.57 Å². The van der Waals surface area contributed by atoms with Crippen LogP contribution in [0.5, 0.6) is 11.5 Å². The predicted octanol–water partition coefficient (Wildman–Crippen LogP) is 2.20. The average molecular weight is 290 g/mol. The molecule has 0 bridgehead atoms. The fourth-order valence-corrected chi connectivity index (χ4v) is 2.52. The van der Waals surface area contributed by atoms with Crippen molar-refractivity contribution in [3.8, 4) is 11.5 Å². The van der Waals surface area contributed by atoms with Crippen molar-refractivity contribution < 1.29 is 24.9 Å². The van der Waals surface area contributed by atoms with Gasteiger partial charge in [-0.1, -0.05) is 11.6 Å².